The molecular weight excluding hydrogens is 282 g/mol. The maximum Gasteiger partial charge on any atom is 0.171 e. The number of aliphatic hydroxyl groups is 1. The molecule has 0 fully saturated rings. The fourth-order valence-electron chi connectivity index (χ4n) is 3.09. The first-order valence-electron chi connectivity index (χ1n) is 9.95. The Bertz CT molecular complexity index is 378. The standard InChI is InChI=1S/C21H38NO/c1-2-3-4-11-15-21-16-14-18-22(20-21)17-12-9-7-5-6-8-10-13-19-23/h14,16,18,20,23H,2-13,15,17,19H2,1H3/q+1. The van der Waals surface area contributed by atoms with Gasteiger partial charge in [0.15, 0.2) is 12.4 Å². The first-order valence-corrected chi connectivity index (χ1v) is 9.95. The van der Waals surface area contributed by atoms with E-state index in [-0.39, 0.29) is 0 Å². The van der Waals surface area contributed by atoms with Crippen molar-refractivity contribution in [1.82, 2.24) is 0 Å². The molecule has 1 rings (SSSR count). The second kappa shape index (κ2) is 14.7. The van der Waals surface area contributed by atoms with Gasteiger partial charge in [-0.05, 0) is 31.7 Å². The molecule has 0 aliphatic carbocycles. The zero-order chi connectivity index (χ0) is 16.6. The van der Waals surface area contributed by atoms with E-state index in [1.54, 1.807) is 0 Å². The first kappa shape index (κ1) is 20.2. The summed E-state index contributed by atoms with van der Waals surface area (Å²) in [5.41, 5.74) is 1.49. The van der Waals surface area contributed by atoms with Gasteiger partial charge in [0, 0.05) is 24.7 Å². The Morgan fingerprint density at radius 3 is 2.17 bits per heavy atom. The summed E-state index contributed by atoms with van der Waals surface area (Å²) >= 11 is 0. The van der Waals surface area contributed by atoms with Gasteiger partial charge in [0.1, 0.15) is 6.54 Å². The number of rotatable bonds is 15. The molecule has 2 nitrogen and oxygen atoms in total. The summed E-state index contributed by atoms with van der Waals surface area (Å²) < 4.78 is 2.37. The van der Waals surface area contributed by atoms with Crippen molar-refractivity contribution in [1.29, 1.82) is 0 Å². The van der Waals surface area contributed by atoms with Crippen molar-refractivity contribution in [2.45, 2.75) is 96.9 Å². The Hall–Kier alpha value is -0.890. The molecule has 23 heavy (non-hydrogen) atoms. The summed E-state index contributed by atoms with van der Waals surface area (Å²) in [7, 11) is 0. The number of aryl methyl sites for hydroxylation is 2. The van der Waals surface area contributed by atoms with Crippen LogP contribution in [-0.4, -0.2) is 11.7 Å². The summed E-state index contributed by atoms with van der Waals surface area (Å²) in [5.74, 6) is 0. The van der Waals surface area contributed by atoms with E-state index >= 15 is 0 Å². The first-order chi connectivity index (χ1) is 11.4. The number of hydrogen-bond donors (Lipinski definition) is 1. The second-order valence-electron chi connectivity index (χ2n) is 6.81. The molecule has 0 unspecified atom stereocenters. The van der Waals surface area contributed by atoms with Crippen LogP contribution in [0.4, 0.5) is 0 Å². The van der Waals surface area contributed by atoms with Crippen LogP contribution in [0, 0.1) is 0 Å². The average molecular weight is 321 g/mol. The molecule has 132 valence electrons. The highest BCUT2D eigenvalue weighted by Gasteiger charge is 2.03. The summed E-state index contributed by atoms with van der Waals surface area (Å²) in [6.45, 7) is 3.79. The zero-order valence-electron chi connectivity index (χ0n) is 15.3. The lowest BCUT2D eigenvalue weighted by atomic mass is 10.1. The minimum atomic E-state index is 0.356. The largest absolute Gasteiger partial charge is 0.396 e. The van der Waals surface area contributed by atoms with E-state index in [2.05, 4.69) is 36.0 Å². The number of hydrogen-bond acceptors (Lipinski definition) is 1. The molecule has 0 aliphatic heterocycles. The summed E-state index contributed by atoms with van der Waals surface area (Å²) in [4.78, 5) is 0. The smallest absolute Gasteiger partial charge is 0.171 e. The van der Waals surface area contributed by atoms with Gasteiger partial charge < -0.3 is 5.11 Å². The third-order valence-corrected chi connectivity index (χ3v) is 4.56. The van der Waals surface area contributed by atoms with Crippen LogP contribution >= 0.6 is 0 Å². The van der Waals surface area contributed by atoms with E-state index in [1.807, 2.05) is 0 Å². The number of unbranched alkanes of at least 4 members (excludes halogenated alkanes) is 10. The molecule has 0 atom stereocenters. The van der Waals surface area contributed by atoms with E-state index in [0.717, 1.165) is 13.0 Å². The van der Waals surface area contributed by atoms with Gasteiger partial charge in [-0.15, -0.1) is 0 Å². The number of aliphatic hydroxyl groups excluding tert-OH is 1. The Morgan fingerprint density at radius 2 is 1.48 bits per heavy atom. The van der Waals surface area contributed by atoms with E-state index in [9.17, 15) is 0 Å². The molecule has 0 saturated heterocycles. The van der Waals surface area contributed by atoms with E-state index in [1.165, 1.54) is 82.6 Å². The van der Waals surface area contributed by atoms with Crippen molar-refractivity contribution >= 4 is 0 Å². The predicted molar refractivity (Wildman–Crippen MR) is 98.5 cm³/mol. The number of nitrogens with zero attached hydrogens (tertiary/aromatic N) is 1. The third kappa shape index (κ3) is 11.3. The summed E-state index contributed by atoms with van der Waals surface area (Å²) in [6, 6.07) is 4.48. The lowest BCUT2D eigenvalue weighted by molar-refractivity contribution is -0.697. The van der Waals surface area contributed by atoms with Crippen LogP contribution in [0.1, 0.15) is 89.5 Å². The highest BCUT2D eigenvalue weighted by Crippen LogP contribution is 2.09. The van der Waals surface area contributed by atoms with Crippen molar-refractivity contribution in [2.24, 2.45) is 0 Å². The number of aromatic nitrogens is 1. The lowest BCUT2D eigenvalue weighted by Crippen LogP contribution is -2.33. The van der Waals surface area contributed by atoms with Crippen LogP contribution in [0.3, 0.4) is 0 Å². The molecule has 0 radical (unpaired) electrons. The van der Waals surface area contributed by atoms with Gasteiger partial charge in [-0.2, -0.15) is 0 Å². The molecule has 2 heteroatoms. The van der Waals surface area contributed by atoms with Gasteiger partial charge in [0.05, 0.1) is 0 Å². The fourth-order valence-corrected chi connectivity index (χ4v) is 3.09. The third-order valence-electron chi connectivity index (χ3n) is 4.56. The summed E-state index contributed by atoms with van der Waals surface area (Å²) in [5, 5.41) is 8.74. The minimum Gasteiger partial charge on any atom is -0.396 e. The molecule has 1 heterocycles. The van der Waals surface area contributed by atoms with Crippen LogP contribution < -0.4 is 4.57 Å². The highest BCUT2D eigenvalue weighted by molar-refractivity contribution is 5.05. The molecule has 1 aromatic rings. The highest BCUT2D eigenvalue weighted by atomic mass is 16.2. The quantitative estimate of drug-likeness (QED) is 0.348. The van der Waals surface area contributed by atoms with E-state index < -0.39 is 0 Å². The molecule has 0 spiro atoms. The van der Waals surface area contributed by atoms with E-state index in [4.69, 9.17) is 5.11 Å². The van der Waals surface area contributed by atoms with Crippen molar-refractivity contribution < 1.29 is 9.67 Å². The van der Waals surface area contributed by atoms with Crippen LogP contribution in [0.15, 0.2) is 24.5 Å². The molecule has 0 saturated carbocycles. The van der Waals surface area contributed by atoms with Crippen molar-refractivity contribution in [3.8, 4) is 0 Å². The zero-order valence-corrected chi connectivity index (χ0v) is 15.3. The van der Waals surface area contributed by atoms with Gasteiger partial charge >= 0.3 is 0 Å². The molecule has 0 aromatic carbocycles. The minimum absolute atomic E-state index is 0.356. The SMILES string of the molecule is CCCCCCc1ccc[n+](CCCCCCCCCCO)c1. The van der Waals surface area contributed by atoms with Gasteiger partial charge in [-0.1, -0.05) is 58.3 Å². The van der Waals surface area contributed by atoms with Gasteiger partial charge in [-0.25, -0.2) is 4.57 Å². The molecule has 0 amide bonds. The Labute approximate surface area is 143 Å². The Kier molecular flexibility index (Phi) is 12.9. The molecule has 1 aromatic heterocycles. The molecular formula is C21H38NO+. The van der Waals surface area contributed by atoms with Gasteiger partial charge in [-0.3, -0.25) is 0 Å². The number of pyridine rings is 1. The van der Waals surface area contributed by atoms with Crippen LogP contribution in [-0.2, 0) is 13.0 Å². The van der Waals surface area contributed by atoms with E-state index in [0.29, 0.717) is 6.61 Å². The average Bonchev–Trinajstić information content (AvgIpc) is 2.58. The van der Waals surface area contributed by atoms with Gasteiger partial charge in [0.2, 0.25) is 0 Å². The topological polar surface area (TPSA) is 24.1 Å². The normalized spacial score (nSPS) is 11.0. The van der Waals surface area contributed by atoms with Crippen molar-refractivity contribution in [3.63, 3.8) is 0 Å². The molecule has 0 aliphatic rings. The van der Waals surface area contributed by atoms with Crippen LogP contribution in [0.25, 0.3) is 0 Å². The maximum atomic E-state index is 8.74. The Morgan fingerprint density at radius 1 is 0.826 bits per heavy atom. The van der Waals surface area contributed by atoms with Crippen molar-refractivity contribution in [3.05, 3.63) is 30.1 Å². The second-order valence-corrected chi connectivity index (χ2v) is 6.81. The lowest BCUT2D eigenvalue weighted by Gasteiger charge is -2.03. The van der Waals surface area contributed by atoms with Crippen LogP contribution in [0.5, 0.6) is 0 Å². The summed E-state index contributed by atoms with van der Waals surface area (Å²) in [6.07, 6.45) is 21.3. The molecule has 0 bridgehead atoms. The van der Waals surface area contributed by atoms with Gasteiger partial charge in [0.25, 0.3) is 0 Å². The van der Waals surface area contributed by atoms with Crippen molar-refractivity contribution in [2.75, 3.05) is 6.61 Å². The predicted octanol–water partition coefficient (Wildman–Crippen LogP) is 5.21. The monoisotopic (exact) mass is 320 g/mol. The van der Waals surface area contributed by atoms with Crippen LogP contribution in [0.2, 0.25) is 0 Å². The Balaban J connectivity index is 2.06. The molecule has 1 N–H and O–H groups in total. The fraction of sp³-hybridized carbons (Fsp3) is 0.762. The maximum absolute atomic E-state index is 8.74.